The first kappa shape index (κ1) is 14.3. The highest BCUT2D eigenvalue weighted by Gasteiger charge is 2.15. The molecule has 0 unspecified atom stereocenters. The molecule has 1 aromatic rings. The van der Waals surface area contributed by atoms with Gasteiger partial charge in [0, 0.05) is 24.0 Å². The fraction of sp³-hybridized carbons (Fsp3) is 0.733. The van der Waals surface area contributed by atoms with Crippen LogP contribution in [0, 0.1) is 6.92 Å². The van der Waals surface area contributed by atoms with E-state index in [0.29, 0.717) is 12.1 Å². The van der Waals surface area contributed by atoms with Crippen LogP contribution >= 0.6 is 0 Å². The van der Waals surface area contributed by atoms with Gasteiger partial charge in [-0.1, -0.05) is 19.8 Å². The van der Waals surface area contributed by atoms with E-state index in [2.05, 4.69) is 22.2 Å². The van der Waals surface area contributed by atoms with Gasteiger partial charge in [0.15, 0.2) is 0 Å². The minimum atomic E-state index is 0.307. The first-order valence-corrected chi connectivity index (χ1v) is 7.49. The molecule has 1 N–H and O–H groups in total. The summed E-state index contributed by atoms with van der Waals surface area (Å²) in [5, 5.41) is 3.29. The van der Waals surface area contributed by atoms with E-state index in [-0.39, 0.29) is 0 Å². The SMILES string of the molecule is CCNCc1cnc(OC2CCCCCC2)nc1C. The van der Waals surface area contributed by atoms with Crippen LogP contribution in [-0.4, -0.2) is 22.6 Å². The number of ether oxygens (including phenoxy) is 1. The molecule has 0 aliphatic heterocycles. The Hall–Kier alpha value is -1.16. The van der Waals surface area contributed by atoms with E-state index in [4.69, 9.17) is 4.74 Å². The standard InChI is InChI=1S/C15H25N3O/c1-3-16-10-13-11-17-15(18-12(13)2)19-14-8-6-4-5-7-9-14/h11,14,16H,3-10H2,1-2H3. The lowest BCUT2D eigenvalue weighted by Crippen LogP contribution is -2.18. The van der Waals surface area contributed by atoms with E-state index in [1.807, 2.05) is 13.1 Å². The van der Waals surface area contributed by atoms with Crippen molar-refractivity contribution in [2.45, 2.75) is 65.0 Å². The van der Waals surface area contributed by atoms with Crippen LogP contribution in [0.25, 0.3) is 0 Å². The molecule has 1 saturated carbocycles. The van der Waals surface area contributed by atoms with Crippen LogP contribution in [0.15, 0.2) is 6.20 Å². The van der Waals surface area contributed by atoms with E-state index < -0.39 is 0 Å². The summed E-state index contributed by atoms with van der Waals surface area (Å²) in [5.41, 5.74) is 2.16. The molecule has 2 rings (SSSR count). The van der Waals surface area contributed by atoms with E-state index in [1.165, 1.54) is 25.7 Å². The van der Waals surface area contributed by atoms with Gasteiger partial charge in [-0.2, -0.15) is 0 Å². The van der Waals surface area contributed by atoms with E-state index >= 15 is 0 Å². The summed E-state index contributed by atoms with van der Waals surface area (Å²) in [6, 6.07) is 0.546. The van der Waals surface area contributed by atoms with Gasteiger partial charge < -0.3 is 10.1 Å². The molecule has 1 heterocycles. The highest BCUT2D eigenvalue weighted by molar-refractivity contribution is 5.17. The second-order valence-corrected chi connectivity index (χ2v) is 5.27. The van der Waals surface area contributed by atoms with E-state index in [0.717, 1.165) is 37.2 Å². The molecule has 0 bridgehead atoms. The van der Waals surface area contributed by atoms with Crippen LogP contribution in [0.4, 0.5) is 0 Å². The van der Waals surface area contributed by atoms with Crippen LogP contribution in [0.1, 0.15) is 56.7 Å². The van der Waals surface area contributed by atoms with Crippen molar-refractivity contribution in [3.63, 3.8) is 0 Å². The van der Waals surface area contributed by atoms with Crippen molar-refractivity contribution < 1.29 is 4.74 Å². The van der Waals surface area contributed by atoms with Gasteiger partial charge in [-0.05, 0) is 39.2 Å². The lowest BCUT2D eigenvalue weighted by Gasteiger charge is -2.16. The number of aryl methyl sites for hydroxylation is 1. The van der Waals surface area contributed by atoms with Gasteiger partial charge in [0.25, 0.3) is 0 Å². The third kappa shape index (κ3) is 4.46. The van der Waals surface area contributed by atoms with Crippen molar-refractivity contribution in [1.82, 2.24) is 15.3 Å². The van der Waals surface area contributed by atoms with Crippen molar-refractivity contribution in [3.05, 3.63) is 17.5 Å². The maximum absolute atomic E-state index is 5.93. The van der Waals surface area contributed by atoms with Crippen molar-refractivity contribution in [3.8, 4) is 6.01 Å². The zero-order chi connectivity index (χ0) is 13.5. The third-order valence-electron chi connectivity index (χ3n) is 3.70. The van der Waals surface area contributed by atoms with Crippen molar-refractivity contribution in [1.29, 1.82) is 0 Å². The van der Waals surface area contributed by atoms with Crippen molar-refractivity contribution in [2.75, 3.05) is 6.54 Å². The minimum Gasteiger partial charge on any atom is -0.460 e. The Labute approximate surface area is 116 Å². The Morgan fingerprint density at radius 1 is 1.26 bits per heavy atom. The quantitative estimate of drug-likeness (QED) is 0.830. The van der Waals surface area contributed by atoms with Crippen molar-refractivity contribution in [2.24, 2.45) is 0 Å². The lowest BCUT2D eigenvalue weighted by molar-refractivity contribution is 0.167. The van der Waals surface area contributed by atoms with Gasteiger partial charge in [-0.3, -0.25) is 0 Å². The zero-order valence-electron chi connectivity index (χ0n) is 12.1. The molecule has 0 aromatic carbocycles. The predicted octanol–water partition coefficient (Wildman–Crippen LogP) is 3.00. The van der Waals surface area contributed by atoms with Gasteiger partial charge in [0.2, 0.25) is 0 Å². The summed E-state index contributed by atoms with van der Waals surface area (Å²) in [7, 11) is 0. The van der Waals surface area contributed by atoms with Crippen LogP contribution in [-0.2, 0) is 6.54 Å². The van der Waals surface area contributed by atoms with Gasteiger partial charge in [0.1, 0.15) is 6.10 Å². The van der Waals surface area contributed by atoms with Crippen LogP contribution in [0.2, 0.25) is 0 Å². The van der Waals surface area contributed by atoms with Crippen LogP contribution in [0.3, 0.4) is 0 Å². The molecular formula is C15H25N3O. The fourth-order valence-corrected chi connectivity index (χ4v) is 2.47. The molecule has 1 aliphatic carbocycles. The monoisotopic (exact) mass is 263 g/mol. The highest BCUT2D eigenvalue weighted by atomic mass is 16.5. The summed E-state index contributed by atoms with van der Waals surface area (Å²) < 4.78 is 5.93. The topological polar surface area (TPSA) is 47.0 Å². The van der Waals surface area contributed by atoms with Crippen molar-refractivity contribution >= 4 is 0 Å². The molecule has 0 amide bonds. The predicted molar refractivity (Wildman–Crippen MR) is 76.3 cm³/mol. The molecule has 106 valence electrons. The molecule has 0 spiro atoms. The van der Waals surface area contributed by atoms with Crippen LogP contribution < -0.4 is 10.1 Å². The number of hydrogen-bond donors (Lipinski definition) is 1. The summed E-state index contributed by atoms with van der Waals surface area (Å²) in [6.45, 7) is 5.90. The zero-order valence-corrected chi connectivity index (χ0v) is 12.1. The maximum atomic E-state index is 5.93. The second kappa shape index (κ2) is 7.43. The van der Waals surface area contributed by atoms with E-state index in [1.54, 1.807) is 0 Å². The normalized spacial score (nSPS) is 17.2. The average Bonchev–Trinajstić information content (AvgIpc) is 2.66. The number of aromatic nitrogens is 2. The third-order valence-corrected chi connectivity index (χ3v) is 3.70. The molecule has 4 heteroatoms. The molecule has 1 aromatic heterocycles. The first-order valence-electron chi connectivity index (χ1n) is 7.49. The maximum Gasteiger partial charge on any atom is 0.316 e. The van der Waals surface area contributed by atoms with Gasteiger partial charge >= 0.3 is 6.01 Å². The summed E-state index contributed by atoms with van der Waals surface area (Å²) in [4.78, 5) is 8.82. The highest BCUT2D eigenvalue weighted by Crippen LogP contribution is 2.21. The Bertz CT molecular complexity index is 387. The molecule has 19 heavy (non-hydrogen) atoms. The average molecular weight is 263 g/mol. The Balaban J connectivity index is 1.94. The summed E-state index contributed by atoms with van der Waals surface area (Å²) >= 11 is 0. The summed E-state index contributed by atoms with van der Waals surface area (Å²) in [5.74, 6) is 0. The molecule has 0 atom stereocenters. The molecule has 0 saturated heterocycles. The van der Waals surface area contributed by atoms with Gasteiger partial charge in [0.05, 0.1) is 0 Å². The van der Waals surface area contributed by atoms with E-state index in [9.17, 15) is 0 Å². The molecule has 1 fully saturated rings. The number of hydrogen-bond acceptors (Lipinski definition) is 4. The Kier molecular flexibility index (Phi) is 5.58. The number of rotatable bonds is 5. The Morgan fingerprint density at radius 2 is 2.00 bits per heavy atom. The smallest absolute Gasteiger partial charge is 0.316 e. The summed E-state index contributed by atoms with van der Waals surface area (Å²) in [6.07, 6.45) is 9.68. The van der Waals surface area contributed by atoms with Gasteiger partial charge in [-0.25, -0.2) is 9.97 Å². The fourth-order valence-electron chi connectivity index (χ4n) is 2.47. The van der Waals surface area contributed by atoms with Crippen LogP contribution in [0.5, 0.6) is 6.01 Å². The molecule has 1 aliphatic rings. The first-order chi connectivity index (χ1) is 9.29. The molecule has 4 nitrogen and oxygen atoms in total. The Morgan fingerprint density at radius 3 is 2.63 bits per heavy atom. The largest absolute Gasteiger partial charge is 0.460 e. The molecular weight excluding hydrogens is 238 g/mol. The lowest BCUT2D eigenvalue weighted by atomic mass is 10.1. The second-order valence-electron chi connectivity index (χ2n) is 5.27. The van der Waals surface area contributed by atoms with Gasteiger partial charge in [-0.15, -0.1) is 0 Å². The number of nitrogens with zero attached hydrogens (tertiary/aromatic N) is 2. The molecule has 0 radical (unpaired) electrons. The minimum absolute atomic E-state index is 0.307. The number of nitrogens with one attached hydrogen (secondary N) is 1.